The van der Waals surface area contributed by atoms with Crippen molar-refractivity contribution in [1.82, 2.24) is 0 Å². The molecule has 0 aliphatic heterocycles. The van der Waals surface area contributed by atoms with Crippen LogP contribution < -0.4 is 4.90 Å². The van der Waals surface area contributed by atoms with E-state index in [1.807, 2.05) is 0 Å². The van der Waals surface area contributed by atoms with Gasteiger partial charge in [-0.1, -0.05) is 0 Å². The second kappa shape index (κ2) is 11.5. The van der Waals surface area contributed by atoms with Crippen LogP contribution in [0.3, 0.4) is 0 Å². The lowest BCUT2D eigenvalue weighted by atomic mass is 10.1. The number of nitro benzene ring substituents is 2. The minimum Gasteiger partial charge on any atom is -0.463 e. The highest BCUT2D eigenvalue weighted by Crippen LogP contribution is 2.43. The topological polar surface area (TPSA) is 142 Å². The van der Waals surface area contributed by atoms with Gasteiger partial charge < -0.3 is 14.4 Å². The fraction of sp³-hybridized carbons (Fsp3) is 0.467. The summed E-state index contributed by atoms with van der Waals surface area (Å²) in [6.07, 6.45) is -5.09. The van der Waals surface area contributed by atoms with E-state index < -0.39 is 88.7 Å². The zero-order chi connectivity index (χ0) is 23.8. The van der Waals surface area contributed by atoms with Gasteiger partial charge in [0, 0.05) is 12.1 Å². The van der Waals surface area contributed by atoms with Crippen molar-refractivity contribution < 1.29 is 42.1 Å². The van der Waals surface area contributed by atoms with E-state index in [2.05, 4.69) is 0 Å². The highest BCUT2D eigenvalue weighted by molar-refractivity contribution is 6.26. The number of alkyl halides is 5. The van der Waals surface area contributed by atoms with E-state index in [-0.39, 0.29) is 12.1 Å². The number of nitrogens with zero attached hydrogens (tertiary/aromatic N) is 3. The Morgan fingerprint density at radius 3 is 1.61 bits per heavy atom. The fourth-order valence-electron chi connectivity index (χ4n) is 2.32. The van der Waals surface area contributed by atoms with Crippen LogP contribution in [0.2, 0.25) is 0 Å². The third-order valence-electron chi connectivity index (χ3n) is 3.57. The minimum atomic E-state index is -5.09. The maximum Gasteiger partial charge on any atom is 0.416 e. The van der Waals surface area contributed by atoms with Gasteiger partial charge in [0.1, 0.15) is 25.0 Å². The Kier molecular flexibility index (Phi) is 9.71. The maximum atomic E-state index is 13.1. The molecule has 16 heteroatoms. The van der Waals surface area contributed by atoms with Gasteiger partial charge in [-0.25, -0.2) is 0 Å². The van der Waals surface area contributed by atoms with Crippen LogP contribution in [-0.2, 0) is 25.2 Å². The second-order valence-corrected chi connectivity index (χ2v) is 6.10. The standard InChI is InChI=1S/C15H14Cl2F3N3O8/c16-7-12(24)30-3-1-21(2-4-31-13(25)8-17)14-10(22(26)27)5-9(15(18,19)20)6-11(14)23(28)29/h5-6H,1-4,7-8H2. The largest absolute Gasteiger partial charge is 0.463 e. The first-order valence-corrected chi connectivity index (χ1v) is 9.21. The number of carbonyl (C=O) groups is 2. The van der Waals surface area contributed by atoms with Crippen molar-refractivity contribution in [2.24, 2.45) is 0 Å². The molecule has 31 heavy (non-hydrogen) atoms. The summed E-state index contributed by atoms with van der Waals surface area (Å²) in [4.78, 5) is 43.6. The van der Waals surface area contributed by atoms with Crippen LogP contribution in [0.4, 0.5) is 30.2 Å². The van der Waals surface area contributed by atoms with Crippen molar-refractivity contribution in [1.29, 1.82) is 0 Å². The van der Waals surface area contributed by atoms with E-state index in [0.717, 1.165) is 4.90 Å². The van der Waals surface area contributed by atoms with E-state index in [9.17, 15) is 43.0 Å². The molecular weight excluding hydrogens is 478 g/mol. The quantitative estimate of drug-likeness (QED) is 0.197. The average molecular weight is 492 g/mol. The molecule has 11 nitrogen and oxygen atoms in total. The van der Waals surface area contributed by atoms with Crippen LogP contribution in [0.1, 0.15) is 5.56 Å². The van der Waals surface area contributed by atoms with Crippen LogP contribution >= 0.6 is 23.2 Å². The van der Waals surface area contributed by atoms with Gasteiger partial charge >= 0.3 is 18.1 Å². The van der Waals surface area contributed by atoms with Crippen LogP contribution in [-0.4, -0.2) is 59.8 Å². The first kappa shape index (κ1) is 26.2. The van der Waals surface area contributed by atoms with Crippen molar-refractivity contribution in [3.63, 3.8) is 0 Å². The van der Waals surface area contributed by atoms with Crippen LogP contribution in [0.5, 0.6) is 0 Å². The predicted octanol–water partition coefficient (Wildman–Crippen LogP) is 2.89. The summed E-state index contributed by atoms with van der Waals surface area (Å²) in [5, 5.41) is 22.8. The second-order valence-electron chi connectivity index (χ2n) is 5.57. The molecule has 0 N–H and O–H groups in total. The van der Waals surface area contributed by atoms with Crippen LogP contribution in [0, 0.1) is 20.2 Å². The number of nitro groups is 2. The molecule has 1 rings (SSSR count). The molecular formula is C15H14Cl2F3N3O8. The maximum absolute atomic E-state index is 13.1. The van der Waals surface area contributed by atoms with Gasteiger partial charge in [0.25, 0.3) is 11.4 Å². The van der Waals surface area contributed by atoms with Gasteiger partial charge in [-0.05, 0) is 0 Å². The van der Waals surface area contributed by atoms with Crippen molar-refractivity contribution in [2.45, 2.75) is 6.18 Å². The first-order valence-electron chi connectivity index (χ1n) is 8.14. The SMILES string of the molecule is O=C(CCl)OCCN(CCOC(=O)CCl)c1c([N+](=O)[O-])cc(C(F)(F)F)cc1[N+](=O)[O-]. The lowest BCUT2D eigenvalue weighted by Gasteiger charge is -2.24. The minimum absolute atomic E-state index is 0.144. The Bertz CT molecular complexity index is 796. The van der Waals surface area contributed by atoms with E-state index in [0.29, 0.717) is 0 Å². The van der Waals surface area contributed by atoms with Gasteiger partial charge in [-0.2, -0.15) is 13.2 Å². The fourth-order valence-corrected chi connectivity index (χ4v) is 2.48. The summed E-state index contributed by atoms with van der Waals surface area (Å²) >= 11 is 10.5. The number of benzene rings is 1. The molecule has 0 aliphatic rings. The predicted molar refractivity (Wildman–Crippen MR) is 100 cm³/mol. The number of hydrogen-bond donors (Lipinski definition) is 0. The molecule has 0 heterocycles. The first-order chi connectivity index (χ1) is 14.4. The Balaban J connectivity index is 3.46. The normalized spacial score (nSPS) is 11.0. The molecule has 172 valence electrons. The molecule has 0 fully saturated rings. The molecule has 1 aromatic carbocycles. The molecule has 0 atom stereocenters. The molecule has 0 aliphatic carbocycles. The van der Waals surface area contributed by atoms with Crippen LogP contribution in [0.15, 0.2) is 12.1 Å². The summed E-state index contributed by atoms with van der Waals surface area (Å²) in [5.74, 6) is -2.78. The van der Waals surface area contributed by atoms with E-state index in [1.165, 1.54) is 0 Å². The van der Waals surface area contributed by atoms with Gasteiger partial charge in [0.15, 0.2) is 5.69 Å². The summed E-state index contributed by atoms with van der Waals surface area (Å²) in [5.41, 5.74) is -4.81. The van der Waals surface area contributed by atoms with Crippen LogP contribution in [0.25, 0.3) is 0 Å². The highest BCUT2D eigenvalue weighted by atomic mass is 35.5. The van der Waals surface area contributed by atoms with E-state index in [1.54, 1.807) is 0 Å². The lowest BCUT2D eigenvalue weighted by molar-refractivity contribution is -0.393. The number of ether oxygens (including phenoxy) is 2. The number of carbonyl (C=O) groups excluding carboxylic acids is 2. The molecule has 0 spiro atoms. The summed E-state index contributed by atoms with van der Waals surface area (Å²) in [6, 6.07) is 0.287. The summed E-state index contributed by atoms with van der Waals surface area (Å²) in [6.45, 7) is -1.78. The van der Waals surface area contributed by atoms with E-state index >= 15 is 0 Å². The van der Waals surface area contributed by atoms with Crippen molar-refractivity contribution in [3.8, 4) is 0 Å². The highest BCUT2D eigenvalue weighted by Gasteiger charge is 2.39. The Labute approximate surface area is 181 Å². The Morgan fingerprint density at radius 2 is 1.32 bits per heavy atom. The number of rotatable bonds is 11. The van der Waals surface area contributed by atoms with Gasteiger partial charge in [0.05, 0.1) is 28.5 Å². The van der Waals surface area contributed by atoms with Gasteiger partial charge in [-0.3, -0.25) is 29.8 Å². The third kappa shape index (κ3) is 7.71. The molecule has 0 amide bonds. The van der Waals surface area contributed by atoms with Gasteiger partial charge in [0.2, 0.25) is 0 Å². The Morgan fingerprint density at radius 1 is 0.935 bits per heavy atom. The number of anilines is 1. The number of esters is 2. The zero-order valence-corrected chi connectivity index (χ0v) is 16.9. The molecule has 0 radical (unpaired) electrons. The van der Waals surface area contributed by atoms with Crippen molar-refractivity contribution in [3.05, 3.63) is 37.9 Å². The molecule has 0 saturated heterocycles. The summed E-state index contributed by atoms with van der Waals surface area (Å²) in [7, 11) is 0. The molecule has 0 bridgehead atoms. The molecule has 0 unspecified atom stereocenters. The molecule has 0 saturated carbocycles. The average Bonchev–Trinajstić information content (AvgIpc) is 2.70. The van der Waals surface area contributed by atoms with Gasteiger partial charge in [-0.15, -0.1) is 23.2 Å². The smallest absolute Gasteiger partial charge is 0.416 e. The van der Waals surface area contributed by atoms with Crippen molar-refractivity contribution in [2.75, 3.05) is 43.0 Å². The number of halogens is 5. The van der Waals surface area contributed by atoms with Crippen molar-refractivity contribution >= 4 is 52.2 Å². The van der Waals surface area contributed by atoms with E-state index in [4.69, 9.17) is 32.7 Å². The third-order valence-corrected chi connectivity index (χ3v) is 4.01. The monoisotopic (exact) mass is 491 g/mol. The number of hydrogen-bond acceptors (Lipinski definition) is 9. The summed E-state index contributed by atoms with van der Waals surface area (Å²) < 4.78 is 48.6. The Hall–Kier alpha value is -2.87. The molecule has 0 aromatic heterocycles. The zero-order valence-electron chi connectivity index (χ0n) is 15.4. The lowest BCUT2D eigenvalue weighted by Crippen LogP contribution is -2.33. The molecule has 1 aromatic rings.